The number of benzene rings is 1. The number of sulfonamides is 1. The van der Waals surface area contributed by atoms with Gasteiger partial charge in [-0.15, -0.1) is 0 Å². The molecule has 0 spiro atoms. The number of hydrogen-bond donors (Lipinski definition) is 1. The molecular formula is C23H40N2O2S. The lowest BCUT2D eigenvalue weighted by atomic mass is 10.0. The molecule has 1 atom stereocenters. The summed E-state index contributed by atoms with van der Waals surface area (Å²) in [5, 5.41) is 3.37. The largest absolute Gasteiger partial charge is 0.314 e. The van der Waals surface area contributed by atoms with Gasteiger partial charge in [0.05, 0.1) is 4.90 Å². The smallest absolute Gasteiger partial charge is 0.243 e. The highest BCUT2D eigenvalue weighted by Gasteiger charge is 2.32. The van der Waals surface area contributed by atoms with Gasteiger partial charge in [0, 0.05) is 25.7 Å². The van der Waals surface area contributed by atoms with Crippen LogP contribution in [-0.2, 0) is 10.0 Å². The van der Waals surface area contributed by atoms with Gasteiger partial charge in [0.2, 0.25) is 10.0 Å². The molecule has 1 N–H and O–H groups in total. The van der Waals surface area contributed by atoms with Gasteiger partial charge >= 0.3 is 0 Å². The number of hydrogen-bond acceptors (Lipinski definition) is 3. The fourth-order valence-electron chi connectivity index (χ4n) is 4.08. The third-order valence-corrected chi connectivity index (χ3v) is 7.75. The van der Waals surface area contributed by atoms with E-state index in [2.05, 4.69) is 12.2 Å². The fraction of sp³-hybridized carbons (Fsp3) is 0.739. The van der Waals surface area contributed by atoms with Crippen molar-refractivity contribution in [3.63, 3.8) is 0 Å². The second-order valence-electron chi connectivity index (χ2n) is 8.11. The highest BCUT2D eigenvalue weighted by atomic mass is 32.2. The van der Waals surface area contributed by atoms with Crippen molar-refractivity contribution >= 4 is 10.0 Å². The van der Waals surface area contributed by atoms with Gasteiger partial charge in [-0.1, -0.05) is 95.8 Å². The van der Waals surface area contributed by atoms with E-state index in [4.69, 9.17) is 0 Å². The van der Waals surface area contributed by atoms with Crippen LogP contribution in [-0.4, -0.2) is 38.4 Å². The molecule has 1 fully saturated rings. The summed E-state index contributed by atoms with van der Waals surface area (Å²) in [5.41, 5.74) is 0. The molecule has 4 nitrogen and oxygen atoms in total. The van der Waals surface area contributed by atoms with Crippen LogP contribution in [0, 0.1) is 0 Å². The van der Waals surface area contributed by atoms with Gasteiger partial charge in [0.25, 0.3) is 0 Å². The fourth-order valence-corrected chi connectivity index (χ4v) is 5.75. The van der Waals surface area contributed by atoms with Crippen LogP contribution >= 0.6 is 0 Å². The van der Waals surface area contributed by atoms with Crippen molar-refractivity contribution in [2.75, 3.05) is 19.6 Å². The second-order valence-corrected chi connectivity index (χ2v) is 10.0. The number of unbranched alkanes of at least 4 members (excludes halogenated alkanes) is 10. The predicted molar refractivity (Wildman–Crippen MR) is 118 cm³/mol. The zero-order valence-corrected chi connectivity index (χ0v) is 18.6. The Morgan fingerprint density at radius 3 is 2.07 bits per heavy atom. The van der Waals surface area contributed by atoms with E-state index in [1.807, 2.05) is 6.07 Å². The van der Waals surface area contributed by atoms with Crippen molar-refractivity contribution in [3.8, 4) is 0 Å². The first-order valence-electron chi connectivity index (χ1n) is 11.4. The average molecular weight is 409 g/mol. The molecule has 0 bridgehead atoms. The Labute approximate surface area is 173 Å². The Balaban J connectivity index is 1.65. The molecule has 2 rings (SSSR count). The molecule has 1 aromatic rings. The van der Waals surface area contributed by atoms with Gasteiger partial charge < -0.3 is 5.32 Å². The van der Waals surface area contributed by atoms with Crippen LogP contribution in [0.15, 0.2) is 35.2 Å². The molecular weight excluding hydrogens is 368 g/mol. The Morgan fingerprint density at radius 2 is 1.46 bits per heavy atom. The summed E-state index contributed by atoms with van der Waals surface area (Å²) >= 11 is 0. The maximum atomic E-state index is 13.0. The summed E-state index contributed by atoms with van der Waals surface area (Å²) in [7, 11) is -3.38. The molecule has 1 aliphatic heterocycles. The number of piperazine rings is 1. The van der Waals surface area contributed by atoms with Crippen molar-refractivity contribution in [1.29, 1.82) is 0 Å². The summed E-state index contributed by atoms with van der Waals surface area (Å²) in [6, 6.07) is 8.95. The van der Waals surface area contributed by atoms with Gasteiger partial charge in [0.15, 0.2) is 0 Å². The standard InChI is InChI=1S/C23H40N2O2S/c1-2-3-4-5-6-7-8-9-10-11-13-16-22-21-24-19-20-25(22)28(26,27)23-17-14-12-15-18-23/h12,14-15,17-18,22,24H,2-11,13,16,19-21H2,1H3. The lowest BCUT2D eigenvalue weighted by Gasteiger charge is -2.35. The van der Waals surface area contributed by atoms with Crippen LogP contribution in [0.3, 0.4) is 0 Å². The van der Waals surface area contributed by atoms with E-state index in [0.29, 0.717) is 11.4 Å². The first-order valence-corrected chi connectivity index (χ1v) is 12.9. The first kappa shape index (κ1) is 23.4. The number of nitrogens with zero attached hydrogens (tertiary/aromatic N) is 1. The molecule has 1 aliphatic rings. The monoisotopic (exact) mass is 408 g/mol. The number of nitrogens with one attached hydrogen (secondary N) is 1. The third-order valence-electron chi connectivity index (χ3n) is 5.79. The molecule has 0 amide bonds. The molecule has 0 aromatic heterocycles. The minimum absolute atomic E-state index is 0.0810. The van der Waals surface area contributed by atoms with E-state index in [-0.39, 0.29) is 6.04 Å². The van der Waals surface area contributed by atoms with Crippen LogP contribution in [0.25, 0.3) is 0 Å². The highest BCUT2D eigenvalue weighted by molar-refractivity contribution is 7.89. The maximum Gasteiger partial charge on any atom is 0.243 e. The Hall–Kier alpha value is -0.910. The summed E-state index contributed by atoms with van der Waals surface area (Å²) in [6.07, 6.45) is 15.5. The normalized spacial score (nSPS) is 18.4. The minimum atomic E-state index is -3.38. The van der Waals surface area contributed by atoms with E-state index in [9.17, 15) is 8.42 Å². The Kier molecular flexibility index (Phi) is 11.1. The van der Waals surface area contributed by atoms with Crippen molar-refractivity contribution in [2.24, 2.45) is 0 Å². The molecule has 1 unspecified atom stereocenters. The van der Waals surface area contributed by atoms with Gasteiger partial charge in [-0.3, -0.25) is 0 Å². The van der Waals surface area contributed by atoms with Crippen LogP contribution in [0.1, 0.15) is 84.0 Å². The minimum Gasteiger partial charge on any atom is -0.314 e. The van der Waals surface area contributed by atoms with Gasteiger partial charge in [-0.2, -0.15) is 4.31 Å². The van der Waals surface area contributed by atoms with Gasteiger partial charge in [-0.05, 0) is 18.6 Å². The second kappa shape index (κ2) is 13.3. The number of rotatable bonds is 14. The summed E-state index contributed by atoms with van der Waals surface area (Å²) in [4.78, 5) is 0.417. The van der Waals surface area contributed by atoms with Crippen molar-refractivity contribution in [3.05, 3.63) is 30.3 Å². The Morgan fingerprint density at radius 1 is 0.893 bits per heavy atom. The average Bonchev–Trinajstić information content (AvgIpc) is 2.73. The van der Waals surface area contributed by atoms with Crippen LogP contribution in [0.4, 0.5) is 0 Å². The van der Waals surface area contributed by atoms with E-state index >= 15 is 0 Å². The quantitative estimate of drug-likeness (QED) is 0.422. The molecule has 0 saturated carbocycles. The molecule has 160 valence electrons. The topological polar surface area (TPSA) is 49.4 Å². The first-order chi connectivity index (χ1) is 13.7. The maximum absolute atomic E-state index is 13.0. The van der Waals surface area contributed by atoms with E-state index in [1.165, 1.54) is 64.2 Å². The molecule has 1 heterocycles. The van der Waals surface area contributed by atoms with Crippen molar-refractivity contribution < 1.29 is 8.42 Å². The highest BCUT2D eigenvalue weighted by Crippen LogP contribution is 2.22. The zero-order chi connectivity index (χ0) is 20.1. The van der Waals surface area contributed by atoms with Gasteiger partial charge in [0.1, 0.15) is 0 Å². The van der Waals surface area contributed by atoms with Crippen LogP contribution < -0.4 is 5.32 Å². The molecule has 1 saturated heterocycles. The Bertz CT molecular complexity index is 619. The van der Waals surface area contributed by atoms with Gasteiger partial charge in [-0.25, -0.2) is 8.42 Å². The summed E-state index contributed by atoms with van der Waals surface area (Å²) in [5.74, 6) is 0. The molecule has 0 radical (unpaired) electrons. The van der Waals surface area contributed by atoms with Crippen LogP contribution in [0.2, 0.25) is 0 Å². The molecule has 28 heavy (non-hydrogen) atoms. The molecule has 1 aromatic carbocycles. The SMILES string of the molecule is CCCCCCCCCCCCCC1CNCCN1S(=O)(=O)c1ccccc1. The third kappa shape index (κ3) is 7.84. The predicted octanol–water partition coefficient (Wildman–Crippen LogP) is 5.35. The van der Waals surface area contributed by atoms with E-state index < -0.39 is 10.0 Å². The zero-order valence-electron chi connectivity index (χ0n) is 17.7. The molecule has 5 heteroatoms. The summed E-state index contributed by atoms with van der Waals surface area (Å²) < 4.78 is 27.7. The van der Waals surface area contributed by atoms with Crippen molar-refractivity contribution in [2.45, 2.75) is 94.9 Å². The molecule has 0 aliphatic carbocycles. The van der Waals surface area contributed by atoms with Crippen molar-refractivity contribution in [1.82, 2.24) is 9.62 Å². The lowest BCUT2D eigenvalue weighted by Crippen LogP contribution is -2.53. The van der Waals surface area contributed by atoms with E-state index in [0.717, 1.165) is 25.9 Å². The van der Waals surface area contributed by atoms with E-state index in [1.54, 1.807) is 28.6 Å². The van der Waals surface area contributed by atoms with Crippen LogP contribution in [0.5, 0.6) is 0 Å². The lowest BCUT2D eigenvalue weighted by molar-refractivity contribution is 0.250. The summed E-state index contributed by atoms with van der Waals surface area (Å²) in [6.45, 7) is 4.34.